The van der Waals surface area contributed by atoms with Crippen molar-refractivity contribution in [3.8, 4) is 0 Å². The number of rotatable bonds is 3. The van der Waals surface area contributed by atoms with Gasteiger partial charge in [0.15, 0.2) is 0 Å². The Morgan fingerprint density at radius 3 is 2.67 bits per heavy atom. The fourth-order valence-electron chi connectivity index (χ4n) is 3.02. The molecular weight excluding hydrogens is 291 g/mol. The van der Waals surface area contributed by atoms with E-state index in [1.165, 1.54) is 34.9 Å². The molecule has 1 aliphatic heterocycles. The van der Waals surface area contributed by atoms with Gasteiger partial charge >= 0.3 is 0 Å². The average molecular weight is 308 g/mol. The van der Waals surface area contributed by atoms with Crippen LogP contribution in [-0.4, -0.2) is 28.0 Å². The summed E-state index contributed by atoms with van der Waals surface area (Å²) in [6, 6.07) is 4.13. The lowest BCUT2D eigenvalue weighted by Crippen LogP contribution is -2.39. The Bertz CT molecular complexity index is 587. The summed E-state index contributed by atoms with van der Waals surface area (Å²) < 4.78 is 13.3. The molecule has 0 radical (unpaired) electrons. The Morgan fingerprint density at radius 2 is 1.95 bits per heavy atom. The topological polar surface area (TPSA) is 63.4 Å². The molecule has 2 amide bonds. The van der Waals surface area contributed by atoms with Gasteiger partial charge in [-0.25, -0.2) is 4.39 Å². The first-order valence-electron chi connectivity index (χ1n) is 7.14. The van der Waals surface area contributed by atoms with Crippen molar-refractivity contribution in [1.82, 2.24) is 4.90 Å². The van der Waals surface area contributed by atoms with Crippen molar-refractivity contribution < 1.29 is 14.0 Å². The maximum absolute atomic E-state index is 13.3. The molecule has 1 aliphatic carbocycles. The van der Waals surface area contributed by atoms with Gasteiger partial charge in [-0.3, -0.25) is 14.5 Å². The summed E-state index contributed by atoms with van der Waals surface area (Å²) >= 11 is 1.19. The minimum atomic E-state index is -0.484. The first kappa shape index (κ1) is 14.4. The van der Waals surface area contributed by atoms with Gasteiger partial charge in [0.2, 0.25) is 11.8 Å². The maximum Gasteiger partial charge on any atom is 0.243 e. The summed E-state index contributed by atoms with van der Waals surface area (Å²) in [5.41, 5.74) is 6.24. The van der Waals surface area contributed by atoms with E-state index in [0.29, 0.717) is 10.6 Å². The van der Waals surface area contributed by atoms with Gasteiger partial charge in [0.1, 0.15) is 5.82 Å². The number of halogens is 1. The number of hydrogen-bond acceptors (Lipinski definition) is 4. The quantitative estimate of drug-likeness (QED) is 0.688. The first-order chi connectivity index (χ1) is 10.1. The van der Waals surface area contributed by atoms with Crippen LogP contribution in [0.2, 0.25) is 0 Å². The molecule has 0 spiro atoms. The third-order valence-corrected chi connectivity index (χ3v) is 5.34. The van der Waals surface area contributed by atoms with E-state index in [9.17, 15) is 14.0 Å². The number of anilines is 1. The lowest BCUT2D eigenvalue weighted by Gasteiger charge is -2.22. The second-order valence-corrected chi connectivity index (χ2v) is 6.78. The minimum Gasteiger partial charge on any atom is -0.398 e. The van der Waals surface area contributed by atoms with Crippen molar-refractivity contribution in [2.24, 2.45) is 0 Å². The van der Waals surface area contributed by atoms with E-state index in [-0.39, 0.29) is 24.3 Å². The minimum absolute atomic E-state index is 0.0560. The Labute approximate surface area is 126 Å². The molecule has 2 aliphatic rings. The predicted molar refractivity (Wildman–Crippen MR) is 79.2 cm³/mol. The number of carbonyl (C=O) groups excluding carboxylic acids is 2. The molecule has 1 atom stereocenters. The maximum atomic E-state index is 13.3. The fraction of sp³-hybridized carbons (Fsp3) is 0.467. The van der Waals surface area contributed by atoms with Crippen LogP contribution in [0.15, 0.2) is 23.1 Å². The van der Waals surface area contributed by atoms with Gasteiger partial charge in [-0.15, -0.1) is 11.8 Å². The number of nitrogens with zero attached hydrogens (tertiary/aromatic N) is 1. The van der Waals surface area contributed by atoms with Crippen LogP contribution in [0, 0.1) is 5.82 Å². The van der Waals surface area contributed by atoms with Gasteiger partial charge < -0.3 is 5.73 Å². The van der Waals surface area contributed by atoms with Crippen LogP contribution in [0.3, 0.4) is 0 Å². The third-order valence-electron chi connectivity index (χ3n) is 4.08. The van der Waals surface area contributed by atoms with Gasteiger partial charge in [-0.1, -0.05) is 12.8 Å². The number of likely N-dealkylation sites (tertiary alicyclic amines) is 1. The molecule has 2 N–H and O–H groups in total. The molecule has 1 heterocycles. The number of nitrogen functional groups attached to an aromatic ring is 1. The van der Waals surface area contributed by atoms with Crippen LogP contribution in [0.25, 0.3) is 0 Å². The Morgan fingerprint density at radius 1 is 1.24 bits per heavy atom. The third kappa shape index (κ3) is 2.77. The highest BCUT2D eigenvalue weighted by molar-refractivity contribution is 8.00. The Kier molecular flexibility index (Phi) is 3.89. The molecule has 0 aromatic heterocycles. The molecular formula is C15H17FN2O2S. The van der Waals surface area contributed by atoms with Crippen LogP contribution >= 0.6 is 11.8 Å². The molecule has 112 valence electrons. The molecule has 4 nitrogen and oxygen atoms in total. The fourth-order valence-corrected chi connectivity index (χ4v) is 4.16. The number of carbonyl (C=O) groups is 2. The highest BCUT2D eigenvalue weighted by Gasteiger charge is 2.43. The van der Waals surface area contributed by atoms with Crippen molar-refractivity contribution in [2.45, 2.75) is 48.3 Å². The predicted octanol–water partition coefficient (Wildman–Crippen LogP) is 2.57. The normalized spacial score (nSPS) is 23.3. The first-order valence-corrected chi connectivity index (χ1v) is 8.02. The van der Waals surface area contributed by atoms with Gasteiger partial charge in [0.25, 0.3) is 0 Å². The van der Waals surface area contributed by atoms with E-state index >= 15 is 0 Å². The van der Waals surface area contributed by atoms with Crippen molar-refractivity contribution >= 4 is 29.3 Å². The summed E-state index contributed by atoms with van der Waals surface area (Å²) in [6.45, 7) is 0. The summed E-state index contributed by atoms with van der Waals surface area (Å²) in [4.78, 5) is 26.5. The number of benzene rings is 1. The number of nitrogens with two attached hydrogens (primary N) is 1. The van der Waals surface area contributed by atoms with E-state index in [4.69, 9.17) is 5.73 Å². The van der Waals surface area contributed by atoms with Crippen LogP contribution in [0.1, 0.15) is 32.1 Å². The van der Waals surface area contributed by atoms with Crippen LogP contribution < -0.4 is 5.73 Å². The van der Waals surface area contributed by atoms with Crippen LogP contribution in [0.5, 0.6) is 0 Å². The van der Waals surface area contributed by atoms with Gasteiger partial charge in [-0.2, -0.15) is 0 Å². The second-order valence-electron chi connectivity index (χ2n) is 5.53. The highest BCUT2D eigenvalue weighted by atomic mass is 32.2. The van der Waals surface area contributed by atoms with E-state index in [0.717, 1.165) is 25.7 Å². The lowest BCUT2D eigenvalue weighted by atomic mass is 10.2. The van der Waals surface area contributed by atoms with Gasteiger partial charge in [0, 0.05) is 23.0 Å². The summed E-state index contributed by atoms with van der Waals surface area (Å²) in [7, 11) is 0. The van der Waals surface area contributed by atoms with Crippen molar-refractivity contribution in [3.63, 3.8) is 0 Å². The Balaban J connectivity index is 1.76. The summed E-state index contributed by atoms with van der Waals surface area (Å²) in [6.07, 6.45) is 4.11. The molecule has 1 aromatic carbocycles. The smallest absolute Gasteiger partial charge is 0.243 e. The second kappa shape index (κ2) is 5.67. The Hall–Kier alpha value is -1.56. The van der Waals surface area contributed by atoms with E-state index < -0.39 is 11.1 Å². The molecule has 1 saturated heterocycles. The summed E-state index contributed by atoms with van der Waals surface area (Å²) in [5.74, 6) is -0.656. The van der Waals surface area contributed by atoms with Crippen molar-refractivity contribution in [1.29, 1.82) is 0 Å². The summed E-state index contributed by atoms with van der Waals surface area (Å²) in [5, 5.41) is -0.484. The average Bonchev–Trinajstić information content (AvgIpc) is 3.03. The SMILES string of the molecule is Nc1ccc(F)cc1SC1CC(=O)N(C2CCCC2)C1=O. The van der Waals surface area contributed by atoms with Crippen LogP contribution in [-0.2, 0) is 9.59 Å². The molecule has 1 unspecified atom stereocenters. The zero-order valence-electron chi connectivity index (χ0n) is 11.5. The molecule has 6 heteroatoms. The molecule has 0 bridgehead atoms. The van der Waals surface area contributed by atoms with Gasteiger partial charge in [-0.05, 0) is 31.0 Å². The molecule has 21 heavy (non-hydrogen) atoms. The number of thioether (sulfide) groups is 1. The van der Waals surface area contributed by atoms with Gasteiger partial charge in [0.05, 0.1) is 5.25 Å². The number of imide groups is 1. The highest BCUT2D eigenvalue weighted by Crippen LogP contribution is 2.37. The monoisotopic (exact) mass is 308 g/mol. The van der Waals surface area contributed by atoms with E-state index in [2.05, 4.69) is 0 Å². The largest absolute Gasteiger partial charge is 0.398 e. The molecule has 1 saturated carbocycles. The van der Waals surface area contributed by atoms with E-state index in [1.807, 2.05) is 0 Å². The molecule has 3 rings (SSSR count). The standard InChI is InChI=1S/C15H17FN2O2S/c16-9-5-6-11(17)12(7-9)21-13-8-14(19)18(15(13)20)10-3-1-2-4-10/h5-7,10,13H,1-4,8,17H2. The zero-order valence-corrected chi connectivity index (χ0v) is 12.4. The van der Waals surface area contributed by atoms with E-state index in [1.54, 1.807) is 0 Å². The molecule has 2 fully saturated rings. The van der Waals surface area contributed by atoms with Crippen molar-refractivity contribution in [2.75, 3.05) is 5.73 Å². The number of amides is 2. The molecule has 1 aromatic rings. The van der Waals surface area contributed by atoms with Crippen molar-refractivity contribution in [3.05, 3.63) is 24.0 Å². The zero-order chi connectivity index (χ0) is 15.0. The lowest BCUT2D eigenvalue weighted by molar-refractivity contribution is -0.140. The number of hydrogen-bond donors (Lipinski definition) is 1. The van der Waals surface area contributed by atoms with Crippen LogP contribution in [0.4, 0.5) is 10.1 Å².